The summed E-state index contributed by atoms with van der Waals surface area (Å²) in [6.45, 7) is 1.33. The molecule has 1 N–H and O–H groups in total. The first-order valence-electron chi connectivity index (χ1n) is 6.93. The minimum atomic E-state index is -0.935. The van der Waals surface area contributed by atoms with Gasteiger partial charge in [0, 0.05) is 18.7 Å². The third-order valence-electron chi connectivity index (χ3n) is 3.94. The van der Waals surface area contributed by atoms with E-state index in [1.165, 1.54) is 0 Å². The second-order valence-electron chi connectivity index (χ2n) is 5.29. The maximum atomic E-state index is 12.1. The van der Waals surface area contributed by atoms with Gasteiger partial charge in [0.05, 0.1) is 18.2 Å². The highest BCUT2D eigenvalue weighted by atomic mass is 16.5. The van der Waals surface area contributed by atoms with Crippen molar-refractivity contribution >= 4 is 17.6 Å². The van der Waals surface area contributed by atoms with E-state index in [2.05, 4.69) is 0 Å². The van der Waals surface area contributed by atoms with Gasteiger partial charge >= 0.3 is 5.97 Å². The molecule has 0 spiro atoms. The third-order valence-corrected chi connectivity index (χ3v) is 3.94. The molecule has 0 aromatic heterocycles. The average molecular weight is 275 g/mol. The van der Waals surface area contributed by atoms with Crippen LogP contribution in [-0.2, 0) is 16.0 Å². The van der Waals surface area contributed by atoms with Crippen molar-refractivity contribution in [2.24, 2.45) is 0 Å². The number of aryl methyl sites for hydroxylation is 1. The first-order chi connectivity index (χ1) is 9.65. The van der Waals surface area contributed by atoms with Crippen LogP contribution in [0.1, 0.15) is 35.2 Å². The summed E-state index contributed by atoms with van der Waals surface area (Å²) in [7, 11) is 0. The fraction of sp³-hybridized carbons (Fsp3) is 0.467. The van der Waals surface area contributed by atoms with Crippen LogP contribution in [0.15, 0.2) is 18.2 Å². The van der Waals surface area contributed by atoms with E-state index in [1.54, 1.807) is 23.1 Å². The molecule has 1 atom stereocenters. The molecule has 2 heterocycles. The number of aromatic carboxylic acids is 1. The van der Waals surface area contributed by atoms with Crippen molar-refractivity contribution in [1.29, 1.82) is 0 Å². The number of carboxylic acid groups (broad SMARTS) is 1. The maximum absolute atomic E-state index is 12.1. The SMILES string of the molecule is O=C(O)c1ccc2c(c1)CCC(=O)N2CC1CCCO1. The molecule has 2 aliphatic rings. The Balaban J connectivity index is 1.88. The van der Waals surface area contributed by atoms with Crippen LogP contribution in [0.2, 0.25) is 0 Å². The van der Waals surface area contributed by atoms with Crippen molar-refractivity contribution in [3.8, 4) is 0 Å². The molecule has 5 heteroatoms. The fourth-order valence-corrected chi connectivity index (χ4v) is 2.89. The van der Waals surface area contributed by atoms with Gasteiger partial charge in [-0.25, -0.2) is 4.79 Å². The smallest absolute Gasteiger partial charge is 0.335 e. The van der Waals surface area contributed by atoms with E-state index in [0.29, 0.717) is 19.4 Å². The Bertz CT molecular complexity index is 549. The van der Waals surface area contributed by atoms with Crippen LogP contribution < -0.4 is 4.90 Å². The Morgan fingerprint density at radius 3 is 2.95 bits per heavy atom. The number of fused-ring (bicyclic) bond motifs is 1. The van der Waals surface area contributed by atoms with E-state index in [9.17, 15) is 9.59 Å². The summed E-state index contributed by atoms with van der Waals surface area (Å²) in [4.78, 5) is 24.9. The number of carbonyl (C=O) groups excluding carboxylic acids is 1. The van der Waals surface area contributed by atoms with Gasteiger partial charge in [0.15, 0.2) is 0 Å². The van der Waals surface area contributed by atoms with Crippen molar-refractivity contribution in [3.63, 3.8) is 0 Å². The Morgan fingerprint density at radius 2 is 2.25 bits per heavy atom. The van der Waals surface area contributed by atoms with Gasteiger partial charge in [0.1, 0.15) is 0 Å². The highest BCUT2D eigenvalue weighted by Crippen LogP contribution is 2.30. The molecule has 0 aliphatic carbocycles. The number of benzene rings is 1. The van der Waals surface area contributed by atoms with Crippen LogP contribution in [0.3, 0.4) is 0 Å². The summed E-state index contributed by atoms with van der Waals surface area (Å²) in [5, 5.41) is 9.03. The van der Waals surface area contributed by atoms with E-state index in [-0.39, 0.29) is 17.6 Å². The number of rotatable bonds is 3. The lowest BCUT2D eigenvalue weighted by molar-refractivity contribution is -0.119. The van der Waals surface area contributed by atoms with Crippen LogP contribution in [0.4, 0.5) is 5.69 Å². The second kappa shape index (κ2) is 5.25. The number of anilines is 1. The van der Waals surface area contributed by atoms with Gasteiger partial charge in [-0.15, -0.1) is 0 Å². The molecule has 3 rings (SSSR count). The van der Waals surface area contributed by atoms with Crippen LogP contribution >= 0.6 is 0 Å². The van der Waals surface area contributed by atoms with Crippen molar-refractivity contribution in [1.82, 2.24) is 0 Å². The second-order valence-corrected chi connectivity index (χ2v) is 5.29. The Kier molecular flexibility index (Phi) is 3.44. The molecule has 2 aliphatic heterocycles. The van der Waals surface area contributed by atoms with E-state index in [1.807, 2.05) is 0 Å². The zero-order valence-corrected chi connectivity index (χ0v) is 11.2. The number of hydrogen-bond acceptors (Lipinski definition) is 3. The lowest BCUT2D eigenvalue weighted by atomic mass is 9.98. The largest absolute Gasteiger partial charge is 0.478 e. The minimum Gasteiger partial charge on any atom is -0.478 e. The number of carboxylic acids is 1. The first-order valence-corrected chi connectivity index (χ1v) is 6.93. The monoisotopic (exact) mass is 275 g/mol. The number of ether oxygens (including phenoxy) is 1. The van der Waals surface area contributed by atoms with Crippen molar-refractivity contribution in [2.75, 3.05) is 18.1 Å². The number of amides is 1. The molecule has 5 nitrogen and oxygen atoms in total. The Morgan fingerprint density at radius 1 is 1.40 bits per heavy atom. The van der Waals surface area contributed by atoms with Gasteiger partial charge in [-0.1, -0.05) is 0 Å². The van der Waals surface area contributed by atoms with Gasteiger partial charge in [-0.3, -0.25) is 4.79 Å². The Hall–Kier alpha value is -1.88. The van der Waals surface area contributed by atoms with E-state index >= 15 is 0 Å². The maximum Gasteiger partial charge on any atom is 0.335 e. The third kappa shape index (κ3) is 2.41. The topological polar surface area (TPSA) is 66.8 Å². The van der Waals surface area contributed by atoms with Gasteiger partial charge < -0.3 is 14.7 Å². The summed E-state index contributed by atoms with van der Waals surface area (Å²) in [6.07, 6.45) is 3.16. The molecule has 106 valence electrons. The molecule has 0 bridgehead atoms. The zero-order valence-electron chi connectivity index (χ0n) is 11.2. The highest BCUT2D eigenvalue weighted by molar-refractivity contribution is 5.97. The highest BCUT2D eigenvalue weighted by Gasteiger charge is 2.28. The predicted molar refractivity (Wildman–Crippen MR) is 73.0 cm³/mol. The summed E-state index contributed by atoms with van der Waals surface area (Å²) < 4.78 is 5.59. The van der Waals surface area contributed by atoms with E-state index in [0.717, 1.165) is 30.7 Å². The van der Waals surface area contributed by atoms with Gasteiger partial charge in [-0.2, -0.15) is 0 Å². The lowest BCUT2D eigenvalue weighted by Crippen LogP contribution is -2.40. The molecule has 1 amide bonds. The lowest BCUT2D eigenvalue weighted by Gasteiger charge is -2.31. The molecular weight excluding hydrogens is 258 g/mol. The molecular formula is C15H17NO4. The van der Waals surface area contributed by atoms with Crippen molar-refractivity contribution in [3.05, 3.63) is 29.3 Å². The van der Waals surface area contributed by atoms with Gasteiger partial charge in [0.2, 0.25) is 5.91 Å². The summed E-state index contributed by atoms with van der Waals surface area (Å²) in [5.74, 6) is -0.841. The van der Waals surface area contributed by atoms with E-state index in [4.69, 9.17) is 9.84 Å². The molecule has 1 unspecified atom stereocenters. The number of nitrogens with zero attached hydrogens (tertiary/aromatic N) is 1. The molecule has 1 saturated heterocycles. The summed E-state index contributed by atoms with van der Waals surface area (Å²) >= 11 is 0. The summed E-state index contributed by atoms with van der Waals surface area (Å²) in [6, 6.07) is 4.97. The van der Waals surface area contributed by atoms with Gasteiger partial charge in [-0.05, 0) is 43.0 Å². The zero-order chi connectivity index (χ0) is 14.1. The Labute approximate surface area is 117 Å². The molecule has 1 fully saturated rings. The molecule has 20 heavy (non-hydrogen) atoms. The quantitative estimate of drug-likeness (QED) is 0.914. The van der Waals surface area contributed by atoms with Crippen LogP contribution in [-0.4, -0.2) is 36.2 Å². The molecule has 1 aromatic carbocycles. The number of hydrogen-bond donors (Lipinski definition) is 1. The molecule has 0 saturated carbocycles. The number of carbonyl (C=O) groups is 2. The molecule has 0 radical (unpaired) electrons. The molecule has 1 aromatic rings. The van der Waals surface area contributed by atoms with Crippen molar-refractivity contribution < 1.29 is 19.4 Å². The average Bonchev–Trinajstić information content (AvgIpc) is 2.94. The van der Waals surface area contributed by atoms with Crippen LogP contribution in [0.5, 0.6) is 0 Å². The normalized spacial score (nSPS) is 21.9. The fourth-order valence-electron chi connectivity index (χ4n) is 2.89. The van der Waals surface area contributed by atoms with Crippen LogP contribution in [0.25, 0.3) is 0 Å². The van der Waals surface area contributed by atoms with E-state index < -0.39 is 5.97 Å². The van der Waals surface area contributed by atoms with Crippen molar-refractivity contribution in [2.45, 2.75) is 31.8 Å². The van der Waals surface area contributed by atoms with Crippen LogP contribution in [0, 0.1) is 0 Å². The predicted octanol–water partition coefficient (Wildman–Crippen LogP) is 1.84. The van der Waals surface area contributed by atoms with Gasteiger partial charge in [0.25, 0.3) is 0 Å². The minimum absolute atomic E-state index is 0.0936. The first kappa shape index (κ1) is 13.1. The summed E-state index contributed by atoms with van der Waals surface area (Å²) in [5.41, 5.74) is 2.04. The standard InChI is InChI=1S/C15H17NO4/c17-14-6-4-10-8-11(15(18)19)3-5-13(10)16(14)9-12-2-1-7-20-12/h3,5,8,12H,1-2,4,6-7,9H2,(H,18,19).